The van der Waals surface area contributed by atoms with Crippen LogP contribution in [0.5, 0.6) is 0 Å². The molecule has 1 heterocycles. The zero-order chi connectivity index (χ0) is 20.7. The van der Waals surface area contributed by atoms with Gasteiger partial charge in [0.2, 0.25) is 15.9 Å². The molecular weight excluding hydrogens is 400 g/mol. The monoisotopic (exact) mass is 428 g/mol. The van der Waals surface area contributed by atoms with Crippen LogP contribution in [0.2, 0.25) is 0 Å². The predicted octanol–water partition coefficient (Wildman–Crippen LogP) is 1.81. The van der Waals surface area contributed by atoms with E-state index in [9.17, 15) is 18.0 Å². The summed E-state index contributed by atoms with van der Waals surface area (Å²) in [5.74, 6) is -0.0482. The summed E-state index contributed by atoms with van der Waals surface area (Å²) in [6.45, 7) is 2.72. The second-order valence-electron chi connectivity index (χ2n) is 6.89. The summed E-state index contributed by atoms with van der Waals surface area (Å²) in [7, 11) is -2.44. The van der Waals surface area contributed by atoms with Gasteiger partial charge in [-0.1, -0.05) is 17.7 Å². The van der Waals surface area contributed by atoms with E-state index in [0.717, 1.165) is 5.56 Å². The Morgan fingerprint density at radius 2 is 1.86 bits per heavy atom. The molecule has 1 unspecified atom stereocenters. The number of thioether (sulfide) groups is 1. The van der Waals surface area contributed by atoms with Crippen molar-refractivity contribution >= 4 is 33.7 Å². The number of ether oxygens (including phenoxy) is 1. The van der Waals surface area contributed by atoms with Crippen LogP contribution in [0.3, 0.4) is 0 Å². The van der Waals surface area contributed by atoms with Crippen LogP contribution in [-0.2, 0) is 24.3 Å². The molecule has 2 rings (SSSR count). The van der Waals surface area contributed by atoms with Crippen molar-refractivity contribution in [3.05, 3.63) is 29.8 Å². The van der Waals surface area contributed by atoms with Crippen molar-refractivity contribution in [2.45, 2.75) is 37.1 Å². The van der Waals surface area contributed by atoms with Crippen LogP contribution in [0.4, 0.5) is 0 Å². The van der Waals surface area contributed by atoms with E-state index in [4.69, 9.17) is 4.74 Å². The first-order valence-corrected chi connectivity index (χ1v) is 12.1. The summed E-state index contributed by atoms with van der Waals surface area (Å²) in [5, 5.41) is 0. The Kier molecular flexibility index (Phi) is 8.33. The Hall–Kier alpha value is -1.58. The fraction of sp³-hybridized carbons (Fsp3) is 0.579. The quantitative estimate of drug-likeness (QED) is 0.635. The SMILES string of the molecule is COC(=O)C1CCN(C(=O)C(CCSC)NS(=O)(=O)c2ccc(C)cc2)CC1. The fourth-order valence-corrected chi connectivity index (χ4v) is 4.86. The highest BCUT2D eigenvalue weighted by molar-refractivity contribution is 7.98. The second-order valence-corrected chi connectivity index (χ2v) is 9.59. The molecule has 0 aliphatic carbocycles. The van der Waals surface area contributed by atoms with E-state index in [1.165, 1.54) is 19.2 Å². The number of piperidine rings is 1. The highest BCUT2D eigenvalue weighted by atomic mass is 32.2. The predicted molar refractivity (Wildman–Crippen MR) is 110 cm³/mol. The molecule has 156 valence electrons. The normalized spacial score (nSPS) is 16.6. The minimum atomic E-state index is -3.80. The number of sulfonamides is 1. The summed E-state index contributed by atoms with van der Waals surface area (Å²) in [5.41, 5.74) is 0.961. The average Bonchev–Trinajstić information content (AvgIpc) is 2.70. The largest absolute Gasteiger partial charge is 0.469 e. The van der Waals surface area contributed by atoms with Gasteiger partial charge in [-0.15, -0.1) is 0 Å². The van der Waals surface area contributed by atoms with Crippen LogP contribution in [0, 0.1) is 12.8 Å². The number of likely N-dealkylation sites (tertiary alicyclic amines) is 1. The van der Waals surface area contributed by atoms with Gasteiger partial charge in [-0.3, -0.25) is 9.59 Å². The molecule has 0 aromatic heterocycles. The summed E-state index contributed by atoms with van der Waals surface area (Å²) in [6.07, 6.45) is 3.37. The van der Waals surface area contributed by atoms with Crippen molar-refractivity contribution < 1.29 is 22.7 Å². The smallest absolute Gasteiger partial charge is 0.308 e. The molecule has 0 radical (unpaired) electrons. The van der Waals surface area contributed by atoms with Gasteiger partial charge >= 0.3 is 5.97 Å². The molecule has 0 saturated carbocycles. The molecule has 9 heteroatoms. The van der Waals surface area contributed by atoms with Crippen LogP contribution < -0.4 is 4.72 Å². The molecule has 1 aromatic carbocycles. The van der Waals surface area contributed by atoms with Gasteiger partial charge in [0.25, 0.3) is 0 Å². The van der Waals surface area contributed by atoms with Crippen molar-refractivity contribution in [3.63, 3.8) is 0 Å². The van der Waals surface area contributed by atoms with E-state index in [0.29, 0.717) is 38.1 Å². The third-order valence-electron chi connectivity index (χ3n) is 4.88. The van der Waals surface area contributed by atoms with E-state index >= 15 is 0 Å². The first-order valence-electron chi connectivity index (χ1n) is 9.23. The van der Waals surface area contributed by atoms with Crippen molar-refractivity contribution in [1.29, 1.82) is 0 Å². The van der Waals surface area contributed by atoms with E-state index in [2.05, 4.69) is 4.72 Å². The van der Waals surface area contributed by atoms with Gasteiger partial charge in [-0.2, -0.15) is 16.5 Å². The summed E-state index contributed by atoms with van der Waals surface area (Å²) in [6, 6.07) is 5.70. The molecule has 1 atom stereocenters. The van der Waals surface area contributed by atoms with Crippen LogP contribution in [0.25, 0.3) is 0 Å². The highest BCUT2D eigenvalue weighted by Gasteiger charge is 2.33. The number of hydrogen-bond donors (Lipinski definition) is 1. The third kappa shape index (κ3) is 5.96. The number of amides is 1. The maximum atomic E-state index is 13.0. The number of nitrogens with one attached hydrogen (secondary N) is 1. The second kappa shape index (κ2) is 10.3. The molecule has 28 heavy (non-hydrogen) atoms. The number of benzene rings is 1. The number of carbonyl (C=O) groups excluding carboxylic acids is 2. The minimum Gasteiger partial charge on any atom is -0.469 e. The van der Waals surface area contributed by atoms with Crippen LogP contribution in [-0.4, -0.2) is 63.4 Å². The Labute approximate surface area is 171 Å². The van der Waals surface area contributed by atoms with Crippen molar-refractivity contribution in [2.24, 2.45) is 5.92 Å². The average molecular weight is 429 g/mol. The molecule has 1 fully saturated rings. The maximum absolute atomic E-state index is 13.0. The molecule has 1 aliphatic heterocycles. The molecule has 1 aliphatic rings. The van der Waals surface area contributed by atoms with Crippen molar-refractivity contribution in [1.82, 2.24) is 9.62 Å². The molecule has 0 spiro atoms. The lowest BCUT2D eigenvalue weighted by Gasteiger charge is -2.33. The fourth-order valence-electron chi connectivity index (χ4n) is 3.16. The third-order valence-corrected chi connectivity index (χ3v) is 7.01. The van der Waals surface area contributed by atoms with E-state index < -0.39 is 16.1 Å². The number of rotatable bonds is 8. The number of aryl methyl sites for hydroxylation is 1. The highest BCUT2D eigenvalue weighted by Crippen LogP contribution is 2.20. The Morgan fingerprint density at radius 1 is 1.25 bits per heavy atom. The van der Waals surface area contributed by atoms with Gasteiger partial charge in [-0.25, -0.2) is 8.42 Å². The molecule has 1 N–H and O–H groups in total. The first kappa shape index (κ1) is 22.7. The molecule has 1 saturated heterocycles. The minimum absolute atomic E-state index is 0.143. The number of esters is 1. The van der Waals surface area contributed by atoms with Gasteiger partial charge in [0, 0.05) is 13.1 Å². The maximum Gasteiger partial charge on any atom is 0.308 e. The van der Waals surface area contributed by atoms with Crippen LogP contribution in [0.1, 0.15) is 24.8 Å². The molecule has 1 amide bonds. The van der Waals surface area contributed by atoms with Crippen LogP contribution >= 0.6 is 11.8 Å². The van der Waals surface area contributed by atoms with Gasteiger partial charge in [-0.05, 0) is 50.3 Å². The van der Waals surface area contributed by atoms with Gasteiger partial charge in [0.05, 0.1) is 17.9 Å². The number of nitrogens with zero attached hydrogens (tertiary/aromatic N) is 1. The Balaban J connectivity index is 2.09. The lowest BCUT2D eigenvalue weighted by atomic mass is 9.96. The zero-order valence-corrected chi connectivity index (χ0v) is 18.1. The zero-order valence-electron chi connectivity index (χ0n) is 16.5. The van der Waals surface area contributed by atoms with Crippen molar-refractivity contribution in [3.8, 4) is 0 Å². The molecule has 1 aromatic rings. The lowest BCUT2D eigenvalue weighted by molar-refractivity contribution is -0.149. The van der Waals surface area contributed by atoms with Crippen molar-refractivity contribution in [2.75, 3.05) is 32.2 Å². The molecule has 7 nitrogen and oxygen atoms in total. The summed E-state index contributed by atoms with van der Waals surface area (Å²) >= 11 is 1.56. The standard InChI is InChI=1S/C19H28N2O5S2/c1-14-4-6-16(7-5-14)28(24,25)20-17(10-13-27-3)18(22)21-11-8-15(9-12-21)19(23)26-2/h4-7,15,17,20H,8-13H2,1-3H3. The van der Waals surface area contributed by atoms with Gasteiger partial charge in [0.15, 0.2) is 0 Å². The summed E-state index contributed by atoms with van der Waals surface area (Å²) < 4.78 is 32.8. The Morgan fingerprint density at radius 3 is 2.39 bits per heavy atom. The summed E-state index contributed by atoms with van der Waals surface area (Å²) in [4.78, 5) is 26.4. The number of methoxy groups -OCH3 is 1. The first-order chi connectivity index (χ1) is 13.3. The Bertz CT molecular complexity index is 772. The van der Waals surface area contributed by atoms with E-state index in [-0.39, 0.29) is 22.7 Å². The molecular formula is C19H28N2O5S2. The number of hydrogen-bond acceptors (Lipinski definition) is 6. The number of carbonyl (C=O) groups is 2. The lowest BCUT2D eigenvalue weighted by Crippen LogP contribution is -2.51. The van der Waals surface area contributed by atoms with Gasteiger partial charge in [0.1, 0.15) is 6.04 Å². The van der Waals surface area contributed by atoms with E-state index in [1.54, 1.807) is 28.8 Å². The van der Waals surface area contributed by atoms with Gasteiger partial charge < -0.3 is 9.64 Å². The topological polar surface area (TPSA) is 92.8 Å². The van der Waals surface area contributed by atoms with E-state index in [1.807, 2.05) is 13.2 Å². The van der Waals surface area contributed by atoms with Crippen LogP contribution in [0.15, 0.2) is 29.2 Å². The molecule has 0 bridgehead atoms.